The first-order valence-corrected chi connectivity index (χ1v) is 4.46. The van der Waals surface area contributed by atoms with Crippen LogP contribution in [0.1, 0.15) is 12.8 Å². The van der Waals surface area contributed by atoms with E-state index in [-0.39, 0.29) is 24.1 Å². The topological polar surface area (TPSA) is 52.6 Å². The number of carbonyl (C=O) groups is 2. The quantitative estimate of drug-likeness (QED) is 0.348. The van der Waals surface area contributed by atoms with Crippen LogP contribution in [0.5, 0.6) is 0 Å². The number of esters is 1. The fourth-order valence-corrected chi connectivity index (χ4v) is 2.30. The van der Waals surface area contributed by atoms with E-state index in [0.717, 1.165) is 12.8 Å². The summed E-state index contributed by atoms with van der Waals surface area (Å²) in [4.78, 5) is 21.8. The van der Waals surface area contributed by atoms with Crippen LogP contribution in [0, 0.1) is 11.8 Å². The average molecular weight is 184 g/mol. The molecule has 1 saturated heterocycles. The highest BCUT2D eigenvalue weighted by Crippen LogP contribution is 2.40. The van der Waals surface area contributed by atoms with Gasteiger partial charge in [0, 0.05) is 13.0 Å². The summed E-state index contributed by atoms with van der Waals surface area (Å²) in [6.07, 6.45) is 2.22. The summed E-state index contributed by atoms with van der Waals surface area (Å²) in [6.45, 7) is 0. The molecule has 1 heterocycles. The Morgan fingerprint density at radius 3 is 2.92 bits per heavy atom. The highest BCUT2D eigenvalue weighted by molar-refractivity contribution is 5.90. The van der Waals surface area contributed by atoms with Crippen LogP contribution < -0.4 is 0 Å². The molecule has 1 aliphatic heterocycles. The highest BCUT2D eigenvalue weighted by atomic mass is 16.6. The molecule has 4 atom stereocenters. The zero-order valence-corrected chi connectivity index (χ0v) is 7.43. The van der Waals surface area contributed by atoms with Crippen molar-refractivity contribution in [2.24, 2.45) is 11.8 Å². The zero-order chi connectivity index (χ0) is 9.42. The minimum Gasteiger partial charge on any atom is -0.459 e. The number of hydrogen-bond acceptors (Lipinski definition) is 4. The van der Waals surface area contributed by atoms with Gasteiger partial charge in [-0.15, -0.1) is 0 Å². The second kappa shape index (κ2) is 3.10. The van der Waals surface area contributed by atoms with E-state index in [1.807, 2.05) is 0 Å². The summed E-state index contributed by atoms with van der Waals surface area (Å²) >= 11 is 0. The molecule has 1 saturated carbocycles. The van der Waals surface area contributed by atoms with Crippen LogP contribution in [0.4, 0.5) is 0 Å². The molecule has 0 N–H and O–H groups in total. The van der Waals surface area contributed by atoms with E-state index in [2.05, 4.69) is 0 Å². The van der Waals surface area contributed by atoms with Gasteiger partial charge < -0.3 is 14.3 Å². The maximum atomic E-state index is 11.2. The fourth-order valence-electron chi connectivity index (χ4n) is 2.30. The van der Waals surface area contributed by atoms with Gasteiger partial charge >= 0.3 is 5.97 Å². The van der Waals surface area contributed by atoms with Gasteiger partial charge in [-0.1, -0.05) is 0 Å². The lowest BCUT2D eigenvalue weighted by molar-refractivity contribution is -0.148. The third kappa shape index (κ3) is 1.16. The zero-order valence-electron chi connectivity index (χ0n) is 7.43. The molecular weight excluding hydrogens is 172 g/mol. The van der Waals surface area contributed by atoms with Gasteiger partial charge in [0.2, 0.25) is 0 Å². The molecule has 0 aromatic rings. The molecule has 0 amide bonds. The van der Waals surface area contributed by atoms with Crippen molar-refractivity contribution < 1.29 is 19.1 Å². The number of carbonyl (C=O) groups excluding carboxylic acids is 2. The Balaban J connectivity index is 2.16. The number of fused-ring (bicyclic) bond motifs is 1. The van der Waals surface area contributed by atoms with Gasteiger partial charge in [0.15, 0.2) is 0 Å². The molecule has 0 aromatic carbocycles. The summed E-state index contributed by atoms with van der Waals surface area (Å²) in [5.41, 5.74) is 0. The lowest BCUT2D eigenvalue weighted by Crippen LogP contribution is -2.26. The van der Waals surface area contributed by atoms with Crippen LogP contribution in [-0.4, -0.2) is 31.6 Å². The van der Waals surface area contributed by atoms with Crippen LogP contribution in [-0.2, 0) is 19.1 Å². The van der Waals surface area contributed by atoms with Crippen LogP contribution in [0.2, 0.25) is 0 Å². The minimum absolute atomic E-state index is 0.0149. The van der Waals surface area contributed by atoms with Crippen LogP contribution >= 0.6 is 0 Å². The highest BCUT2D eigenvalue weighted by Gasteiger charge is 2.51. The third-order valence-electron chi connectivity index (χ3n) is 3.01. The van der Waals surface area contributed by atoms with E-state index < -0.39 is 5.92 Å². The van der Waals surface area contributed by atoms with Crippen molar-refractivity contribution in [3.05, 3.63) is 0 Å². The van der Waals surface area contributed by atoms with Gasteiger partial charge in [-0.25, -0.2) is 0 Å². The van der Waals surface area contributed by atoms with Gasteiger partial charge in [-0.05, 0) is 12.8 Å². The SMILES string of the molecule is CO[C@@H]1CCC2C(C=O)C(=O)OC21. The molecule has 13 heavy (non-hydrogen) atoms. The van der Waals surface area contributed by atoms with Gasteiger partial charge in [-0.2, -0.15) is 0 Å². The molecule has 4 nitrogen and oxygen atoms in total. The molecule has 0 bridgehead atoms. The van der Waals surface area contributed by atoms with E-state index in [0.29, 0.717) is 6.29 Å². The first-order valence-electron chi connectivity index (χ1n) is 4.46. The molecule has 0 spiro atoms. The predicted molar refractivity (Wildman–Crippen MR) is 43.0 cm³/mol. The van der Waals surface area contributed by atoms with Crippen molar-refractivity contribution in [2.45, 2.75) is 25.0 Å². The molecule has 2 fully saturated rings. The Kier molecular flexibility index (Phi) is 2.07. The first kappa shape index (κ1) is 8.69. The van der Waals surface area contributed by atoms with E-state index in [4.69, 9.17) is 9.47 Å². The van der Waals surface area contributed by atoms with E-state index in [1.165, 1.54) is 0 Å². The van der Waals surface area contributed by atoms with Gasteiger partial charge in [0.25, 0.3) is 0 Å². The molecule has 0 radical (unpaired) electrons. The fraction of sp³-hybridized carbons (Fsp3) is 0.778. The molecule has 2 aliphatic rings. The van der Waals surface area contributed by atoms with Crippen molar-refractivity contribution in [1.29, 1.82) is 0 Å². The van der Waals surface area contributed by atoms with Gasteiger partial charge in [-0.3, -0.25) is 4.79 Å². The first-order chi connectivity index (χ1) is 6.27. The lowest BCUT2D eigenvalue weighted by Gasteiger charge is -2.15. The van der Waals surface area contributed by atoms with E-state index >= 15 is 0 Å². The van der Waals surface area contributed by atoms with Crippen LogP contribution in [0.25, 0.3) is 0 Å². The lowest BCUT2D eigenvalue weighted by atomic mass is 9.93. The Morgan fingerprint density at radius 2 is 2.31 bits per heavy atom. The molecule has 1 aliphatic carbocycles. The summed E-state index contributed by atoms with van der Waals surface area (Å²) in [5, 5.41) is 0. The second-order valence-electron chi connectivity index (χ2n) is 3.58. The van der Waals surface area contributed by atoms with Crippen molar-refractivity contribution in [3.8, 4) is 0 Å². The van der Waals surface area contributed by atoms with E-state index in [1.54, 1.807) is 7.11 Å². The largest absolute Gasteiger partial charge is 0.459 e. The predicted octanol–water partition coefficient (Wildman–Crippen LogP) is 0.152. The van der Waals surface area contributed by atoms with Gasteiger partial charge in [0.1, 0.15) is 18.3 Å². The number of ether oxygens (including phenoxy) is 2. The van der Waals surface area contributed by atoms with Crippen molar-refractivity contribution >= 4 is 12.3 Å². The molecular formula is C9H12O4. The maximum Gasteiger partial charge on any atom is 0.316 e. The number of methoxy groups -OCH3 is 1. The average Bonchev–Trinajstić information content (AvgIpc) is 2.62. The smallest absolute Gasteiger partial charge is 0.316 e. The summed E-state index contributed by atoms with van der Waals surface area (Å²) in [5.74, 6) is -0.883. The number of hydrogen-bond donors (Lipinski definition) is 0. The summed E-state index contributed by atoms with van der Waals surface area (Å²) in [7, 11) is 1.61. The maximum absolute atomic E-state index is 11.2. The Labute approximate surface area is 76.2 Å². The van der Waals surface area contributed by atoms with E-state index in [9.17, 15) is 9.59 Å². The standard InChI is InChI=1S/C9H12O4/c1-12-7-3-2-5-6(4-10)9(11)13-8(5)7/h4-8H,2-3H2,1H3/t5?,6?,7-,8?/m1/s1. The van der Waals surface area contributed by atoms with Gasteiger partial charge in [0.05, 0.1) is 6.10 Å². The monoisotopic (exact) mass is 184 g/mol. The Bertz CT molecular complexity index is 238. The second-order valence-corrected chi connectivity index (χ2v) is 3.58. The Morgan fingerprint density at radius 1 is 1.54 bits per heavy atom. The van der Waals surface area contributed by atoms with Crippen LogP contribution in [0.15, 0.2) is 0 Å². The molecule has 4 heteroatoms. The number of rotatable bonds is 2. The van der Waals surface area contributed by atoms with Crippen molar-refractivity contribution in [3.63, 3.8) is 0 Å². The third-order valence-corrected chi connectivity index (χ3v) is 3.01. The summed E-state index contributed by atoms with van der Waals surface area (Å²) in [6, 6.07) is 0. The molecule has 72 valence electrons. The molecule has 2 rings (SSSR count). The Hall–Kier alpha value is -0.900. The summed E-state index contributed by atoms with van der Waals surface area (Å²) < 4.78 is 10.3. The number of aldehydes is 1. The minimum atomic E-state index is -0.551. The van der Waals surface area contributed by atoms with Crippen LogP contribution in [0.3, 0.4) is 0 Å². The molecule has 0 aromatic heterocycles. The van der Waals surface area contributed by atoms with Crippen molar-refractivity contribution in [2.75, 3.05) is 7.11 Å². The molecule has 3 unspecified atom stereocenters. The van der Waals surface area contributed by atoms with Crippen molar-refractivity contribution in [1.82, 2.24) is 0 Å². The normalized spacial score (nSPS) is 43.0.